The van der Waals surface area contributed by atoms with E-state index in [0.29, 0.717) is 33.6 Å². The van der Waals surface area contributed by atoms with Gasteiger partial charge in [-0.3, -0.25) is 4.79 Å². The lowest BCUT2D eigenvalue weighted by molar-refractivity contribution is -0.138. The Hall–Kier alpha value is -1.79. The third-order valence-electron chi connectivity index (χ3n) is 3.26. The Morgan fingerprint density at radius 1 is 1.20 bits per heavy atom. The number of halogens is 1. The Morgan fingerprint density at radius 3 is 2.35 bits per heavy atom. The van der Waals surface area contributed by atoms with Crippen LogP contribution >= 0.6 is 15.9 Å². The number of hydrogen-bond acceptors (Lipinski definition) is 4. The van der Waals surface area contributed by atoms with Crippen molar-refractivity contribution in [3.8, 4) is 0 Å². The molecule has 3 rings (SSSR count). The number of rotatable bonds is 2. The largest absolute Gasteiger partial charge is 0.480 e. The van der Waals surface area contributed by atoms with Crippen LogP contribution < -0.4 is 5.73 Å². The molecule has 1 atom stereocenters. The molecule has 0 saturated carbocycles. The number of nitrogens with two attached hydrogens (primary N) is 1. The van der Waals surface area contributed by atoms with E-state index in [2.05, 4.69) is 15.9 Å². The van der Waals surface area contributed by atoms with Gasteiger partial charge >= 0.3 is 5.97 Å². The molecule has 1 aromatic carbocycles. The molecule has 0 fully saturated rings. The molecule has 0 aliphatic heterocycles. The van der Waals surface area contributed by atoms with Crippen LogP contribution in [0.1, 0.15) is 23.1 Å². The minimum Gasteiger partial charge on any atom is -0.480 e. The van der Waals surface area contributed by atoms with E-state index in [1.165, 1.54) is 0 Å². The van der Waals surface area contributed by atoms with Crippen molar-refractivity contribution in [2.24, 2.45) is 5.73 Å². The summed E-state index contributed by atoms with van der Waals surface area (Å²) >= 11 is 3.49. The average molecular weight is 338 g/mol. The number of furan rings is 2. The van der Waals surface area contributed by atoms with Gasteiger partial charge in [0.05, 0.1) is 4.47 Å². The van der Waals surface area contributed by atoms with E-state index in [9.17, 15) is 9.90 Å². The maximum absolute atomic E-state index is 11.3. The first-order chi connectivity index (χ1) is 9.40. The standard InChI is InChI=1S/C14H12BrNO4/c1-5-3-7-9(11(16)14(17)18)12-8(4-6(2)19-12)10(15)13(7)20-5/h3-4,11H,16H2,1-2H3,(H,17,18). The number of carbonyl (C=O) groups is 1. The van der Waals surface area contributed by atoms with Crippen LogP contribution in [0.25, 0.3) is 21.9 Å². The summed E-state index contributed by atoms with van der Waals surface area (Å²) in [6, 6.07) is 2.43. The third-order valence-corrected chi connectivity index (χ3v) is 4.05. The van der Waals surface area contributed by atoms with Gasteiger partial charge in [-0.25, -0.2) is 0 Å². The van der Waals surface area contributed by atoms with E-state index < -0.39 is 12.0 Å². The van der Waals surface area contributed by atoms with Crippen LogP contribution in [0.5, 0.6) is 0 Å². The molecule has 5 nitrogen and oxygen atoms in total. The second kappa shape index (κ2) is 4.36. The van der Waals surface area contributed by atoms with E-state index >= 15 is 0 Å². The first kappa shape index (κ1) is 13.2. The zero-order valence-corrected chi connectivity index (χ0v) is 12.4. The highest BCUT2D eigenvalue weighted by molar-refractivity contribution is 9.10. The summed E-state index contributed by atoms with van der Waals surface area (Å²) in [5, 5.41) is 10.6. The van der Waals surface area contributed by atoms with Crippen molar-refractivity contribution >= 4 is 43.8 Å². The number of hydrogen-bond donors (Lipinski definition) is 2. The maximum atomic E-state index is 11.3. The topological polar surface area (TPSA) is 89.6 Å². The lowest BCUT2D eigenvalue weighted by Gasteiger charge is -2.10. The zero-order valence-electron chi connectivity index (χ0n) is 10.9. The van der Waals surface area contributed by atoms with Crippen molar-refractivity contribution in [2.75, 3.05) is 0 Å². The molecular formula is C14H12BrNO4. The summed E-state index contributed by atoms with van der Waals surface area (Å²) in [5.41, 5.74) is 7.33. The van der Waals surface area contributed by atoms with Crippen molar-refractivity contribution in [2.45, 2.75) is 19.9 Å². The molecule has 0 spiro atoms. The van der Waals surface area contributed by atoms with Crippen LogP contribution in [-0.2, 0) is 4.79 Å². The van der Waals surface area contributed by atoms with Crippen molar-refractivity contribution in [1.29, 1.82) is 0 Å². The molecule has 0 saturated heterocycles. The van der Waals surface area contributed by atoms with Crippen LogP contribution in [0.3, 0.4) is 0 Å². The molecule has 0 radical (unpaired) electrons. The predicted molar refractivity (Wildman–Crippen MR) is 77.7 cm³/mol. The summed E-state index contributed by atoms with van der Waals surface area (Å²) in [5.74, 6) is 0.260. The van der Waals surface area contributed by atoms with Gasteiger partial charge in [0, 0.05) is 16.3 Å². The molecule has 3 N–H and O–H groups in total. The van der Waals surface area contributed by atoms with Gasteiger partial charge in [0.2, 0.25) is 0 Å². The summed E-state index contributed by atoms with van der Waals surface area (Å²) in [6.07, 6.45) is 0. The van der Waals surface area contributed by atoms with Gasteiger partial charge in [0.1, 0.15) is 28.7 Å². The Morgan fingerprint density at radius 2 is 1.75 bits per heavy atom. The summed E-state index contributed by atoms with van der Waals surface area (Å²) in [6.45, 7) is 3.60. The Kier molecular flexibility index (Phi) is 2.88. The monoisotopic (exact) mass is 337 g/mol. The van der Waals surface area contributed by atoms with Gasteiger partial charge in [-0.05, 0) is 41.9 Å². The molecule has 104 valence electrons. The molecule has 1 unspecified atom stereocenters. The van der Waals surface area contributed by atoms with Crippen LogP contribution in [-0.4, -0.2) is 11.1 Å². The molecule has 0 amide bonds. The molecule has 0 aliphatic carbocycles. The Balaban J connectivity index is 2.54. The minimum absolute atomic E-state index is 0.440. The number of carboxylic acid groups (broad SMARTS) is 1. The first-order valence-electron chi connectivity index (χ1n) is 6.00. The normalized spacial score (nSPS) is 13.2. The lowest BCUT2D eigenvalue weighted by atomic mass is 10.0. The van der Waals surface area contributed by atoms with Gasteiger partial charge < -0.3 is 19.7 Å². The van der Waals surface area contributed by atoms with Crippen LogP contribution in [0.2, 0.25) is 0 Å². The highest BCUT2D eigenvalue weighted by Gasteiger charge is 2.26. The van der Waals surface area contributed by atoms with Crippen LogP contribution in [0, 0.1) is 13.8 Å². The van der Waals surface area contributed by atoms with E-state index in [-0.39, 0.29) is 0 Å². The van der Waals surface area contributed by atoms with Crippen LogP contribution in [0.15, 0.2) is 25.4 Å². The molecule has 2 heterocycles. The summed E-state index contributed by atoms with van der Waals surface area (Å²) in [4.78, 5) is 11.3. The van der Waals surface area contributed by atoms with Crippen molar-refractivity contribution in [3.05, 3.63) is 33.7 Å². The van der Waals surface area contributed by atoms with E-state index in [1.807, 2.05) is 6.07 Å². The number of aryl methyl sites for hydroxylation is 2. The molecular weight excluding hydrogens is 326 g/mol. The van der Waals surface area contributed by atoms with E-state index in [0.717, 1.165) is 9.86 Å². The van der Waals surface area contributed by atoms with Crippen molar-refractivity contribution < 1.29 is 18.7 Å². The third kappa shape index (κ3) is 1.76. The van der Waals surface area contributed by atoms with E-state index in [1.54, 1.807) is 19.9 Å². The van der Waals surface area contributed by atoms with E-state index in [4.69, 9.17) is 14.6 Å². The number of benzene rings is 1. The quantitative estimate of drug-likeness (QED) is 0.744. The highest BCUT2D eigenvalue weighted by atomic mass is 79.9. The fraction of sp³-hybridized carbons (Fsp3) is 0.214. The van der Waals surface area contributed by atoms with Crippen molar-refractivity contribution in [3.63, 3.8) is 0 Å². The molecule has 20 heavy (non-hydrogen) atoms. The maximum Gasteiger partial charge on any atom is 0.325 e. The van der Waals surface area contributed by atoms with Gasteiger partial charge in [0.25, 0.3) is 0 Å². The van der Waals surface area contributed by atoms with Crippen LogP contribution in [0.4, 0.5) is 0 Å². The van der Waals surface area contributed by atoms with Gasteiger partial charge in [0.15, 0.2) is 0 Å². The summed E-state index contributed by atoms with van der Waals surface area (Å²) < 4.78 is 12.0. The first-order valence-corrected chi connectivity index (χ1v) is 6.79. The second-order valence-corrected chi connectivity index (χ2v) is 5.54. The smallest absolute Gasteiger partial charge is 0.325 e. The fourth-order valence-electron chi connectivity index (χ4n) is 2.43. The van der Waals surface area contributed by atoms with Gasteiger partial charge in [-0.1, -0.05) is 0 Å². The zero-order chi connectivity index (χ0) is 14.6. The van der Waals surface area contributed by atoms with Gasteiger partial charge in [-0.2, -0.15) is 0 Å². The van der Waals surface area contributed by atoms with Crippen molar-refractivity contribution in [1.82, 2.24) is 0 Å². The molecule has 3 aromatic rings. The number of carboxylic acids is 1. The molecule has 2 aromatic heterocycles. The lowest BCUT2D eigenvalue weighted by Crippen LogP contribution is -2.21. The summed E-state index contributed by atoms with van der Waals surface area (Å²) in [7, 11) is 0. The Bertz CT molecular complexity index is 788. The number of fused-ring (bicyclic) bond motifs is 2. The minimum atomic E-state index is -1.17. The molecule has 6 heteroatoms. The number of aliphatic carboxylic acids is 1. The Labute approximate surface area is 122 Å². The second-order valence-electron chi connectivity index (χ2n) is 4.74. The SMILES string of the molecule is Cc1cc2c(C(N)C(=O)O)c3oc(C)cc3c(Br)c2o1. The molecule has 0 bridgehead atoms. The highest BCUT2D eigenvalue weighted by Crippen LogP contribution is 2.41. The predicted octanol–water partition coefficient (Wildman–Crippen LogP) is 3.64. The fourth-order valence-corrected chi connectivity index (χ4v) is 3.02. The average Bonchev–Trinajstić information content (AvgIpc) is 2.92. The van der Waals surface area contributed by atoms with Gasteiger partial charge in [-0.15, -0.1) is 0 Å². The molecule has 0 aliphatic rings.